The maximum Gasteiger partial charge on any atom is 0.117 e. The minimum atomic E-state index is 0.929. The molecular formula is C8H12OS. The molecule has 0 bridgehead atoms. The van der Waals surface area contributed by atoms with E-state index < -0.39 is 0 Å². The molecule has 2 heteroatoms. The lowest BCUT2D eigenvalue weighted by Crippen LogP contribution is -1.78. The minimum Gasteiger partial charge on any atom is -0.468 e. The van der Waals surface area contributed by atoms with Gasteiger partial charge in [-0.25, -0.2) is 0 Å². The van der Waals surface area contributed by atoms with E-state index in [1.54, 1.807) is 6.26 Å². The maximum absolute atomic E-state index is 5.26. The first-order chi connectivity index (χ1) is 4.79. The van der Waals surface area contributed by atoms with Crippen LogP contribution in [0.1, 0.15) is 25.2 Å². The van der Waals surface area contributed by atoms with Crippen molar-refractivity contribution in [3.8, 4) is 0 Å². The average Bonchev–Trinajstić information content (AvgIpc) is 2.30. The van der Waals surface area contributed by atoms with Gasteiger partial charge in [0.05, 0.1) is 6.26 Å². The molecule has 0 aromatic carbocycles. The Hall–Kier alpha value is -0.370. The van der Waals surface area contributed by atoms with Crippen molar-refractivity contribution in [3.63, 3.8) is 0 Å². The van der Waals surface area contributed by atoms with Crippen molar-refractivity contribution in [2.75, 3.05) is 0 Å². The van der Waals surface area contributed by atoms with Crippen molar-refractivity contribution in [3.05, 3.63) is 17.6 Å². The van der Waals surface area contributed by atoms with Gasteiger partial charge in [0.1, 0.15) is 5.76 Å². The molecule has 0 spiro atoms. The monoisotopic (exact) mass is 156 g/mol. The second kappa shape index (κ2) is 3.15. The first-order valence-corrected chi connectivity index (χ1v) is 4.02. The molecular weight excluding hydrogens is 144 g/mol. The summed E-state index contributed by atoms with van der Waals surface area (Å²) in [4.78, 5) is 1.03. The molecule has 0 aliphatic rings. The lowest BCUT2D eigenvalue weighted by molar-refractivity contribution is 0.507. The van der Waals surface area contributed by atoms with Crippen LogP contribution in [0.2, 0.25) is 0 Å². The van der Waals surface area contributed by atoms with Crippen LogP contribution in [0.4, 0.5) is 0 Å². The van der Waals surface area contributed by atoms with Crippen LogP contribution in [0.15, 0.2) is 15.6 Å². The molecule has 0 saturated carbocycles. The summed E-state index contributed by atoms with van der Waals surface area (Å²) in [5.41, 5.74) is 1.21. The number of furan rings is 1. The fourth-order valence-electron chi connectivity index (χ4n) is 0.935. The zero-order valence-electron chi connectivity index (χ0n) is 6.35. The standard InChI is InChI=1S/C8H12OS/c1-3-6-5-9-7(4-2)8(6)10/h5,10H,3-4H2,1-2H3. The summed E-state index contributed by atoms with van der Waals surface area (Å²) in [7, 11) is 0. The van der Waals surface area contributed by atoms with Gasteiger partial charge in [-0.1, -0.05) is 13.8 Å². The Bertz CT molecular complexity index is 194. The van der Waals surface area contributed by atoms with E-state index in [0.717, 1.165) is 23.5 Å². The third-order valence-electron chi connectivity index (χ3n) is 1.61. The fourth-order valence-corrected chi connectivity index (χ4v) is 1.36. The van der Waals surface area contributed by atoms with E-state index in [-0.39, 0.29) is 0 Å². The molecule has 1 nitrogen and oxygen atoms in total. The van der Waals surface area contributed by atoms with Gasteiger partial charge in [0.2, 0.25) is 0 Å². The highest BCUT2D eigenvalue weighted by Gasteiger charge is 2.05. The fraction of sp³-hybridized carbons (Fsp3) is 0.500. The molecule has 0 saturated heterocycles. The van der Waals surface area contributed by atoms with Gasteiger partial charge in [0.25, 0.3) is 0 Å². The van der Waals surface area contributed by atoms with Crippen LogP contribution in [0.3, 0.4) is 0 Å². The molecule has 1 aromatic rings. The number of aryl methyl sites for hydroxylation is 2. The highest BCUT2D eigenvalue weighted by atomic mass is 32.1. The zero-order valence-corrected chi connectivity index (χ0v) is 7.24. The van der Waals surface area contributed by atoms with E-state index >= 15 is 0 Å². The molecule has 10 heavy (non-hydrogen) atoms. The Morgan fingerprint density at radius 1 is 1.40 bits per heavy atom. The van der Waals surface area contributed by atoms with Crippen LogP contribution in [-0.2, 0) is 12.8 Å². The van der Waals surface area contributed by atoms with Crippen LogP contribution in [0.5, 0.6) is 0 Å². The van der Waals surface area contributed by atoms with E-state index in [1.807, 2.05) is 0 Å². The molecule has 1 rings (SSSR count). The number of thiol groups is 1. The van der Waals surface area contributed by atoms with E-state index in [2.05, 4.69) is 26.5 Å². The summed E-state index contributed by atoms with van der Waals surface area (Å²) in [6.45, 7) is 4.17. The first kappa shape index (κ1) is 7.73. The maximum atomic E-state index is 5.26. The third-order valence-corrected chi connectivity index (χ3v) is 2.15. The van der Waals surface area contributed by atoms with E-state index in [0.29, 0.717) is 0 Å². The van der Waals surface area contributed by atoms with Gasteiger partial charge in [-0.05, 0) is 6.42 Å². The molecule has 1 heterocycles. The molecule has 0 N–H and O–H groups in total. The summed E-state index contributed by atoms with van der Waals surface area (Å²) in [6.07, 6.45) is 3.72. The summed E-state index contributed by atoms with van der Waals surface area (Å²) in [6, 6.07) is 0. The molecule has 0 atom stereocenters. The van der Waals surface area contributed by atoms with Crippen LogP contribution in [-0.4, -0.2) is 0 Å². The smallest absolute Gasteiger partial charge is 0.117 e. The molecule has 0 aliphatic heterocycles. The van der Waals surface area contributed by atoms with E-state index in [4.69, 9.17) is 4.42 Å². The molecule has 0 unspecified atom stereocenters. The highest BCUT2D eigenvalue weighted by Crippen LogP contribution is 2.21. The second-order valence-electron chi connectivity index (χ2n) is 2.24. The zero-order chi connectivity index (χ0) is 7.56. The molecule has 0 fully saturated rings. The van der Waals surface area contributed by atoms with Gasteiger partial charge in [-0.15, -0.1) is 12.6 Å². The topological polar surface area (TPSA) is 13.1 Å². The van der Waals surface area contributed by atoms with Crippen molar-refractivity contribution < 1.29 is 4.42 Å². The number of hydrogen-bond acceptors (Lipinski definition) is 2. The predicted molar refractivity (Wildman–Crippen MR) is 44.7 cm³/mol. The average molecular weight is 156 g/mol. The highest BCUT2D eigenvalue weighted by molar-refractivity contribution is 7.80. The van der Waals surface area contributed by atoms with Gasteiger partial charge < -0.3 is 4.42 Å². The predicted octanol–water partition coefficient (Wildman–Crippen LogP) is 2.69. The molecule has 0 aliphatic carbocycles. The molecule has 1 aromatic heterocycles. The number of hydrogen-bond donors (Lipinski definition) is 1. The Labute approximate surface area is 66.8 Å². The lowest BCUT2D eigenvalue weighted by Gasteiger charge is -1.91. The van der Waals surface area contributed by atoms with E-state index in [1.165, 1.54) is 5.56 Å². The van der Waals surface area contributed by atoms with Crippen molar-refractivity contribution in [1.82, 2.24) is 0 Å². The van der Waals surface area contributed by atoms with E-state index in [9.17, 15) is 0 Å². The van der Waals surface area contributed by atoms with Crippen molar-refractivity contribution in [2.24, 2.45) is 0 Å². The Morgan fingerprint density at radius 2 is 2.10 bits per heavy atom. The largest absolute Gasteiger partial charge is 0.468 e. The Kier molecular flexibility index (Phi) is 2.44. The molecule has 0 amide bonds. The SMILES string of the molecule is CCc1coc(CC)c1S. The number of rotatable bonds is 2. The first-order valence-electron chi connectivity index (χ1n) is 3.57. The van der Waals surface area contributed by atoms with Gasteiger partial charge in [0.15, 0.2) is 0 Å². The van der Waals surface area contributed by atoms with Crippen molar-refractivity contribution in [2.45, 2.75) is 31.6 Å². The third kappa shape index (κ3) is 1.21. The van der Waals surface area contributed by atoms with Crippen LogP contribution >= 0.6 is 12.6 Å². The Morgan fingerprint density at radius 3 is 2.40 bits per heavy atom. The molecule has 0 radical (unpaired) electrons. The van der Waals surface area contributed by atoms with Gasteiger partial charge in [-0.3, -0.25) is 0 Å². The summed E-state index contributed by atoms with van der Waals surface area (Å²) in [5, 5.41) is 0. The summed E-state index contributed by atoms with van der Waals surface area (Å²) >= 11 is 4.33. The van der Waals surface area contributed by atoms with Crippen LogP contribution in [0, 0.1) is 0 Å². The summed E-state index contributed by atoms with van der Waals surface area (Å²) in [5.74, 6) is 1.00. The Balaban J connectivity index is 2.97. The van der Waals surface area contributed by atoms with Crippen molar-refractivity contribution in [1.29, 1.82) is 0 Å². The second-order valence-corrected chi connectivity index (χ2v) is 2.69. The lowest BCUT2D eigenvalue weighted by atomic mass is 10.2. The van der Waals surface area contributed by atoms with Gasteiger partial charge in [0, 0.05) is 16.9 Å². The van der Waals surface area contributed by atoms with Gasteiger partial charge >= 0.3 is 0 Å². The molecule has 56 valence electrons. The normalized spacial score (nSPS) is 10.3. The summed E-state index contributed by atoms with van der Waals surface area (Å²) < 4.78 is 5.26. The van der Waals surface area contributed by atoms with Crippen LogP contribution in [0.25, 0.3) is 0 Å². The van der Waals surface area contributed by atoms with Gasteiger partial charge in [-0.2, -0.15) is 0 Å². The van der Waals surface area contributed by atoms with Crippen molar-refractivity contribution >= 4 is 12.6 Å². The van der Waals surface area contributed by atoms with Crippen LogP contribution < -0.4 is 0 Å². The quantitative estimate of drug-likeness (QED) is 0.650. The minimum absolute atomic E-state index is 0.929.